The van der Waals surface area contributed by atoms with Crippen LogP contribution in [0.3, 0.4) is 0 Å². The normalized spacial score (nSPS) is 28.0. The summed E-state index contributed by atoms with van der Waals surface area (Å²) in [5, 5.41) is 0. The zero-order valence-electron chi connectivity index (χ0n) is 14.6. The molecule has 0 unspecified atom stereocenters. The van der Waals surface area contributed by atoms with Crippen molar-refractivity contribution in [2.24, 2.45) is 0 Å². The summed E-state index contributed by atoms with van der Waals surface area (Å²) in [6.07, 6.45) is 2.14. The first kappa shape index (κ1) is 18.4. The predicted molar refractivity (Wildman–Crippen MR) is 93.7 cm³/mol. The van der Waals surface area contributed by atoms with Crippen molar-refractivity contribution in [1.82, 2.24) is 0 Å². The van der Waals surface area contributed by atoms with Gasteiger partial charge in [0.05, 0.1) is 25.7 Å². The number of cyclic esters (lactones) is 1. The molecular formula is C21H24INO2. The third-order valence-corrected chi connectivity index (χ3v) is 5.87. The van der Waals surface area contributed by atoms with Crippen LogP contribution in [0.4, 0.5) is 0 Å². The van der Waals surface area contributed by atoms with Crippen LogP contribution in [0, 0.1) is 0 Å². The molecule has 2 aliphatic heterocycles. The number of ether oxygens (including phenoxy) is 1. The van der Waals surface area contributed by atoms with Crippen molar-refractivity contribution in [3.05, 3.63) is 71.3 Å². The number of halogens is 1. The lowest BCUT2D eigenvalue weighted by Crippen LogP contribution is -3.00. The first-order valence-electron chi connectivity index (χ1n) is 8.75. The molecule has 0 aromatic heterocycles. The molecule has 1 spiro atoms. The summed E-state index contributed by atoms with van der Waals surface area (Å²) in [4.78, 5) is 12.1. The highest BCUT2D eigenvalue weighted by molar-refractivity contribution is 5.92. The van der Waals surface area contributed by atoms with Gasteiger partial charge in [-0.3, -0.25) is 0 Å². The van der Waals surface area contributed by atoms with Crippen molar-refractivity contribution in [3.8, 4) is 0 Å². The topological polar surface area (TPSA) is 26.3 Å². The van der Waals surface area contributed by atoms with Gasteiger partial charge in [0.25, 0.3) is 0 Å². The summed E-state index contributed by atoms with van der Waals surface area (Å²) < 4.78 is 6.60. The average molecular weight is 449 g/mol. The van der Waals surface area contributed by atoms with Crippen LogP contribution in [0.5, 0.6) is 0 Å². The lowest BCUT2D eigenvalue weighted by molar-refractivity contribution is -0.928. The van der Waals surface area contributed by atoms with Crippen LogP contribution in [0.15, 0.2) is 54.6 Å². The molecule has 3 nitrogen and oxygen atoms in total. The van der Waals surface area contributed by atoms with Crippen LogP contribution in [0.2, 0.25) is 0 Å². The van der Waals surface area contributed by atoms with Gasteiger partial charge in [-0.2, -0.15) is 0 Å². The van der Waals surface area contributed by atoms with Crippen LogP contribution in [0.1, 0.15) is 34.3 Å². The van der Waals surface area contributed by atoms with E-state index in [1.165, 1.54) is 11.1 Å². The van der Waals surface area contributed by atoms with E-state index in [0.717, 1.165) is 42.5 Å². The molecule has 1 fully saturated rings. The Bertz CT molecular complexity index is 752. The van der Waals surface area contributed by atoms with E-state index in [1.54, 1.807) is 0 Å². The van der Waals surface area contributed by atoms with Crippen LogP contribution in [-0.2, 0) is 16.7 Å². The van der Waals surface area contributed by atoms with E-state index in [2.05, 4.69) is 43.4 Å². The molecule has 0 bridgehead atoms. The lowest BCUT2D eigenvalue weighted by atomic mass is 9.70. The molecule has 25 heavy (non-hydrogen) atoms. The number of fused-ring (bicyclic) bond motifs is 2. The Morgan fingerprint density at radius 1 is 1.00 bits per heavy atom. The molecule has 0 atom stereocenters. The summed E-state index contributed by atoms with van der Waals surface area (Å²) >= 11 is 0. The molecule has 2 aliphatic rings. The molecule has 2 aromatic rings. The molecule has 132 valence electrons. The molecule has 2 aromatic carbocycles. The predicted octanol–water partition coefficient (Wildman–Crippen LogP) is 0.539. The lowest BCUT2D eigenvalue weighted by Gasteiger charge is -2.48. The monoisotopic (exact) mass is 449 g/mol. The fourth-order valence-corrected chi connectivity index (χ4v) is 4.28. The Labute approximate surface area is 166 Å². The van der Waals surface area contributed by atoms with Crippen LogP contribution < -0.4 is 24.0 Å². The number of nitrogens with zero attached hydrogens (tertiary/aromatic N) is 1. The van der Waals surface area contributed by atoms with Crippen molar-refractivity contribution in [1.29, 1.82) is 0 Å². The number of benzene rings is 2. The quantitative estimate of drug-likeness (QED) is 0.380. The zero-order valence-corrected chi connectivity index (χ0v) is 16.7. The van der Waals surface area contributed by atoms with E-state index in [4.69, 9.17) is 4.74 Å². The Morgan fingerprint density at radius 3 is 2.36 bits per heavy atom. The van der Waals surface area contributed by atoms with E-state index in [0.29, 0.717) is 6.61 Å². The van der Waals surface area contributed by atoms with Gasteiger partial charge in [0.2, 0.25) is 0 Å². The minimum atomic E-state index is -0.164. The Hall–Kier alpha value is -1.40. The molecule has 2 heterocycles. The number of rotatable bonds is 2. The second kappa shape index (κ2) is 7.08. The number of likely N-dealkylation sites (tertiary alicyclic amines) is 1. The molecule has 0 N–H and O–H groups in total. The Morgan fingerprint density at radius 2 is 1.64 bits per heavy atom. The minimum absolute atomic E-state index is 0. The maximum atomic E-state index is 12.1. The zero-order chi connectivity index (χ0) is 16.6. The Kier molecular flexibility index (Phi) is 5.21. The number of carbonyl (C=O) groups excluding carboxylic acids is 1. The van der Waals surface area contributed by atoms with E-state index < -0.39 is 0 Å². The minimum Gasteiger partial charge on any atom is -1.00 e. The van der Waals surface area contributed by atoms with Gasteiger partial charge in [-0.05, 0) is 11.6 Å². The van der Waals surface area contributed by atoms with Gasteiger partial charge < -0.3 is 33.2 Å². The van der Waals surface area contributed by atoms with Gasteiger partial charge in [-0.15, -0.1) is 0 Å². The van der Waals surface area contributed by atoms with Gasteiger partial charge in [0.1, 0.15) is 13.2 Å². The maximum Gasteiger partial charge on any atom is 0.338 e. The van der Waals surface area contributed by atoms with Crippen molar-refractivity contribution < 1.29 is 38.0 Å². The van der Waals surface area contributed by atoms with Crippen molar-refractivity contribution in [3.63, 3.8) is 0 Å². The van der Waals surface area contributed by atoms with Crippen LogP contribution in [0.25, 0.3) is 0 Å². The summed E-state index contributed by atoms with van der Waals surface area (Å²) in [6, 6.07) is 18.7. The molecule has 1 saturated heterocycles. The van der Waals surface area contributed by atoms with Gasteiger partial charge in [-0.1, -0.05) is 48.5 Å². The molecule has 4 rings (SSSR count). The van der Waals surface area contributed by atoms with Crippen molar-refractivity contribution >= 4 is 5.97 Å². The summed E-state index contributed by atoms with van der Waals surface area (Å²) in [5.74, 6) is -0.164. The second-order valence-corrected chi connectivity index (χ2v) is 7.61. The first-order valence-corrected chi connectivity index (χ1v) is 8.75. The van der Waals surface area contributed by atoms with Gasteiger partial charge in [-0.25, -0.2) is 4.79 Å². The largest absolute Gasteiger partial charge is 1.00 e. The molecule has 4 heteroatoms. The van der Waals surface area contributed by atoms with Gasteiger partial charge in [0, 0.05) is 23.8 Å². The summed E-state index contributed by atoms with van der Waals surface area (Å²) in [6.45, 7) is 3.83. The third kappa shape index (κ3) is 3.47. The smallest absolute Gasteiger partial charge is 0.338 e. The number of carbonyl (C=O) groups is 1. The van der Waals surface area contributed by atoms with Crippen LogP contribution >= 0.6 is 0 Å². The fourth-order valence-electron chi connectivity index (χ4n) is 4.28. The number of quaternary nitrogens is 1. The summed E-state index contributed by atoms with van der Waals surface area (Å²) in [5.41, 5.74) is 3.38. The highest BCUT2D eigenvalue weighted by Gasteiger charge is 2.46. The van der Waals surface area contributed by atoms with Crippen molar-refractivity contribution in [2.45, 2.75) is 24.8 Å². The standard InChI is InChI=1S/C21H24NO2.HI/c1-22(15-17-7-3-2-4-8-17)13-11-21(12-14-22)16-24-20(23)18-9-5-6-10-19(18)21;/h2-10H,11-16H2,1H3;1H/q+1;/p-1. The van der Waals surface area contributed by atoms with E-state index in [-0.39, 0.29) is 35.4 Å². The van der Waals surface area contributed by atoms with Crippen LogP contribution in [-0.4, -0.2) is 37.2 Å². The van der Waals surface area contributed by atoms with Crippen molar-refractivity contribution in [2.75, 3.05) is 26.7 Å². The summed E-state index contributed by atoms with van der Waals surface area (Å²) in [7, 11) is 2.35. The molecular weight excluding hydrogens is 425 g/mol. The maximum absolute atomic E-state index is 12.1. The van der Waals surface area contributed by atoms with E-state index in [9.17, 15) is 4.79 Å². The van der Waals surface area contributed by atoms with Gasteiger partial charge >= 0.3 is 5.97 Å². The SMILES string of the molecule is C[N+]1(Cc2ccccc2)CCC2(CC1)COC(=O)c1ccccc12.[I-]. The molecule has 0 radical (unpaired) electrons. The fraction of sp³-hybridized carbons (Fsp3) is 0.381. The van der Waals surface area contributed by atoms with Gasteiger partial charge in [0.15, 0.2) is 0 Å². The highest BCUT2D eigenvalue weighted by Crippen LogP contribution is 2.42. The Balaban J connectivity index is 0.00000182. The second-order valence-electron chi connectivity index (χ2n) is 7.61. The average Bonchev–Trinajstić information content (AvgIpc) is 2.62. The molecule has 0 amide bonds. The number of hydrogen-bond acceptors (Lipinski definition) is 2. The molecule has 0 saturated carbocycles. The van der Waals surface area contributed by atoms with E-state index in [1.807, 2.05) is 18.2 Å². The number of hydrogen-bond donors (Lipinski definition) is 0. The number of esters is 1. The molecule has 0 aliphatic carbocycles. The number of piperidine rings is 1. The third-order valence-electron chi connectivity index (χ3n) is 5.87. The highest BCUT2D eigenvalue weighted by atomic mass is 127. The van der Waals surface area contributed by atoms with E-state index >= 15 is 0 Å². The first-order chi connectivity index (χ1) is 11.6.